The van der Waals surface area contributed by atoms with Crippen LogP contribution in [0.15, 0.2) is 30.3 Å². The number of benzene rings is 1. The van der Waals surface area contributed by atoms with E-state index < -0.39 is 6.09 Å². The van der Waals surface area contributed by atoms with Crippen LogP contribution in [0.2, 0.25) is 0 Å². The van der Waals surface area contributed by atoms with E-state index in [1.165, 1.54) is 16.7 Å². The minimum atomic E-state index is -0.544. The Balaban J connectivity index is 0.00000288. The number of carbonyl (C=O) groups is 1. The van der Waals surface area contributed by atoms with Crippen molar-refractivity contribution in [3.05, 3.63) is 47.0 Å². The van der Waals surface area contributed by atoms with Gasteiger partial charge in [0.25, 0.3) is 0 Å². The number of rotatable bonds is 5. The molecule has 1 aromatic carbocycles. The number of hydrogen-bond acceptors (Lipinski definition) is 5. The molecule has 2 rings (SSSR count). The fourth-order valence-electron chi connectivity index (χ4n) is 2.19. The lowest BCUT2D eigenvalue weighted by Crippen LogP contribution is -2.15. The summed E-state index contributed by atoms with van der Waals surface area (Å²) in [6.07, 6.45) is -0.544. The predicted octanol–water partition coefficient (Wildman–Crippen LogP) is 3.88. The first-order valence-corrected chi connectivity index (χ1v) is 7.50. The number of ether oxygens (including phenoxy) is 1. The van der Waals surface area contributed by atoms with Crippen LogP contribution in [0.3, 0.4) is 0 Å². The summed E-state index contributed by atoms with van der Waals surface area (Å²) in [6, 6.07) is 9.78. The van der Waals surface area contributed by atoms with Gasteiger partial charge in [0.2, 0.25) is 0 Å². The van der Waals surface area contributed by atoms with Crippen molar-refractivity contribution in [1.29, 1.82) is 0 Å². The third-order valence-electron chi connectivity index (χ3n) is 3.39. The van der Waals surface area contributed by atoms with E-state index in [2.05, 4.69) is 47.7 Å². The third kappa shape index (κ3) is 5.31. The Kier molecular flexibility index (Phi) is 7.32. The van der Waals surface area contributed by atoms with Gasteiger partial charge >= 0.3 is 6.09 Å². The van der Waals surface area contributed by atoms with Crippen molar-refractivity contribution >= 4 is 35.8 Å². The quantitative estimate of drug-likeness (QED) is 0.761. The number of amides is 1. The molecule has 2 aromatic rings. The largest absolute Gasteiger partial charge is 0.450 e. The standard InChI is InChI=1S/C17H22N4O2.ClH/c1-4-23-17(22)20-14-7-8-15(21-16(14)18)19-10-13-6-5-11(2)9-12(13)3;/h5-9H,4,10H2,1-3H3,(H,20,22)(H3,18,19,21);1H. The summed E-state index contributed by atoms with van der Waals surface area (Å²) in [7, 11) is 0. The van der Waals surface area contributed by atoms with Crippen LogP contribution < -0.4 is 16.4 Å². The molecule has 130 valence electrons. The second-order valence-electron chi connectivity index (χ2n) is 5.26. The van der Waals surface area contributed by atoms with Crippen LogP contribution in [0, 0.1) is 13.8 Å². The van der Waals surface area contributed by atoms with Gasteiger partial charge < -0.3 is 15.8 Å². The van der Waals surface area contributed by atoms with Crippen molar-refractivity contribution in [3.8, 4) is 0 Å². The molecule has 0 unspecified atom stereocenters. The summed E-state index contributed by atoms with van der Waals surface area (Å²) >= 11 is 0. The summed E-state index contributed by atoms with van der Waals surface area (Å²) in [5, 5.41) is 5.78. The molecule has 0 aliphatic carbocycles. The van der Waals surface area contributed by atoms with Crippen molar-refractivity contribution in [2.75, 3.05) is 23.0 Å². The van der Waals surface area contributed by atoms with E-state index in [-0.39, 0.29) is 18.2 Å². The van der Waals surface area contributed by atoms with Crippen LogP contribution in [-0.4, -0.2) is 17.7 Å². The van der Waals surface area contributed by atoms with E-state index in [4.69, 9.17) is 10.5 Å². The maximum Gasteiger partial charge on any atom is 0.411 e. The number of carbonyl (C=O) groups excluding carboxylic acids is 1. The van der Waals surface area contributed by atoms with Gasteiger partial charge in [-0.2, -0.15) is 0 Å². The van der Waals surface area contributed by atoms with Gasteiger partial charge in [0.05, 0.1) is 12.3 Å². The highest BCUT2D eigenvalue weighted by molar-refractivity contribution is 5.88. The van der Waals surface area contributed by atoms with Crippen LogP contribution in [0.5, 0.6) is 0 Å². The first-order chi connectivity index (χ1) is 11.0. The van der Waals surface area contributed by atoms with Gasteiger partial charge in [-0.15, -0.1) is 12.4 Å². The lowest BCUT2D eigenvalue weighted by molar-refractivity contribution is 0.168. The van der Waals surface area contributed by atoms with Gasteiger partial charge in [-0.05, 0) is 44.0 Å². The Bertz CT molecular complexity index is 707. The zero-order valence-corrected chi connectivity index (χ0v) is 14.9. The summed E-state index contributed by atoms with van der Waals surface area (Å²) < 4.78 is 4.81. The Morgan fingerprint density at radius 1 is 1.25 bits per heavy atom. The first kappa shape index (κ1) is 19.6. The van der Waals surface area contributed by atoms with E-state index in [9.17, 15) is 4.79 Å². The summed E-state index contributed by atoms with van der Waals surface area (Å²) in [5.41, 5.74) is 9.96. The van der Waals surface area contributed by atoms with Gasteiger partial charge in [-0.25, -0.2) is 9.78 Å². The molecule has 24 heavy (non-hydrogen) atoms. The minimum Gasteiger partial charge on any atom is -0.450 e. The molecule has 0 spiro atoms. The molecule has 0 aliphatic rings. The van der Waals surface area contributed by atoms with E-state index in [0.29, 0.717) is 24.7 Å². The Labute approximate surface area is 148 Å². The summed E-state index contributed by atoms with van der Waals surface area (Å²) in [5.74, 6) is 0.889. The molecule has 0 atom stereocenters. The monoisotopic (exact) mass is 350 g/mol. The molecule has 0 aliphatic heterocycles. The topological polar surface area (TPSA) is 89.3 Å². The Morgan fingerprint density at radius 3 is 2.62 bits per heavy atom. The van der Waals surface area contributed by atoms with Crippen molar-refractivity contribution < 1.29 is 9.53 Å². The number of nitrogens with two attached hydrogens (primary N) is 1. The fourth-order valence-corrected chi connectivity index (χ4v) is 2.19. The van der Waals surface area contributed by atoms with Gasteiger partial charge in [0.15, 0.2) is 0 Å². The van der Waals surface area contributed by atoms with Crippen molar-refractivity contribution in [2.45, 2.75) is 27.3 Å². The first-order valence-electron chi connectivity index (χ1n) is 7.50. The number of nitrogen functional groups attached to an aromatic ring is 1. The average molecular weight is 351 g/mol. The van der Waals surface area contributed by atoms with Gasteiger partial charge in [0.1, 0.15) is 11.6 Å². The molecule has 0 bridgehead atoms. The molecule has 7 heteroatoms. The number of nitrogens with zero attached hydrogens (tertiary/aromatic N) is 1. The van der Waals surface area contributed by atoms with Crippen LogP contribution in [-0.2, 0) is 11.3 Å². The van der Waals surface area contributed by atoms with Crippen LogP contribution in [0.1, 0.15) is 23.6 Å². The zero-order chi connectivity index (χ0) is 16.8. The molecule has 4 N–H and O–H groups in total. The molecular formula is C17H23ClN4O2. The fraction of sp³-hybridized carbons (Fsp3) is 0.294. The number of aryl methyl sites for hydroxylation is 2. The number of hydrogen-bond donors (Lipinski definition) is 3. The van der Waals surface area contributed by atoms with Crippen molar-refractivity contribution in [2.24, 2.45) is 0 Å². The molecule has 1 aromatic heterocycles. The minimum absolute atomic E-state index is 0. The normalized spacial score (nSPS) is 9.79. The zero-order valence-electron chi connectivity index (χ0n) is 14.1. The third-order valence-corrected chi connectivity index (χ3v) is 3.39. The summed E-state index contributed by atoms with van der Waals surface area (Å²) in [4.78, 5) is 15.6. The summed E-state index contributed by atoms with van der Waals surface area (Å²) in [6.45, 7) is 6.85. The molecule has 0 saturated heterocycles. The molecule has 1 heterocycles. The Hall–Kier alpha value is -2.47. The number of anilines is 3. The van der Waals surface area contributed by atoms with Crippen LogP contribution in [0.25, 0.3) is 0 Å². The van der Waals surface area contributed by atoms with E-state index >= 15 is 0 Å². The second kappa shape index (κ2) is 8.98. The lowest BCUT2D eigenvalue weighted by atomic mass is 10.1. The lowest BCUT2D eigenvalue weighted by Gasteiger charge is -2.12. The van der Waals surface area contributed by atoms with Crippen molar-refractivity contribution in [3.63, 3.8) is 0 Å². The molecule has 0 fully saturated rings. The van der Waals surface area contributed by atoms with Gasteiger partial charge in [-0.3, -0.25) is 5.32 Å². The highest BCUT2D eigenvalue weighted by atomic mass is 35.5. The van der Waals surface area contributed by atoms with Crippen LogP contribution in [0.4, 0.5) is 22.1 Å². The van der Waals surface area contributed by atoms with Gasteiger partial charge in [0, 0.05) is 6.54 Å². The number of pyridine rings is 1. The SMILES string of the molecule is CCOC(=O)Nc1ccc(NCc2ccc(C)cc2C)nc1N.Cl. The number of halogens is 1. The highest BCUT2D eigenvalue weighted by Gasteiger charge is 2.07. The highest BCUT2D eigenvalue weighted by Crippen LogP contribution is 2.20. The molecular weight excluding hydrogens is 328 g/mol. The Morgan fingerprint density at radius 2 is 2.00 bits per heavy atom. The average Bonchev–Trinajstić information content (AvgIpc) is 2.49. The maximum absolute atomic E-state index is 11.4. The number of nitrogens with one attached hydrogen (secondary N) is 2. The smallest absolute Gasteiger partial charge is 0.411 e. The van der Waals surface area contributed by atoms with E-state index in [0.717, 1.165) is 0 Å². The molecule has 6 nitrogen and oxygen atoms in total. The predicted molar refractivity (Wildman–Crippen MR) is 99.8 cm³/mol. The van der Waals surface area contributed by atoms with E-state index in [1.807, 2.05) is 0 Å². The molecule has 0 saturated carbocycles. The maximum atomic E-state index is 11.4. The van der Waals surface area contributed by atoms with Crippen LogP contribution >= 0.6 is 12.4 Å². The van der Waals surface area contributed by atoms with E-state index in [1.54, 1.807) is 19.1 Å². The number of aromatic nitrogens is 1. The molecule has 1 amide bonds. The second-order valence-corrected chi connectivity index (χ2v) is 5.26. The molecule has 0 radical (unpaired) electrons. The van der Waals surface area contributed by atoms with Crippen molar-refractivity contribution in [1.82, 2.24) is 4.98 Å². The van der Waals surface area contributed by atoms with Gasteiger partial charge in [-0.1, -0.05) is 23.8 Å².